The van der Waals surface area contributed by atoms with Gasteiger partial charge < -0.3 is 4.57 Å². The standard InChI is InChI=1S/C17H17N/c1-3-15-17(13-9-5-4-6-10-13)14-11-7-8-12-16(14)18(15)2/h4-12H,3H2,1-2H3. The summed E-state index contributed by atoms with van der Waals surface area (Å²) in [6.07, 6.45) is 1.05. The second-order valence-electron chi connectivity index (χ2n) is 4.62. The van der Waals surface area contributed by atoms with Crippen molar-refractivity contribution in [3.05, 3.63) is 60.3 Å². The van der Waals surface area contributed by atoms with Crippen molar-refractivity contribution in [1.29, 1.82) is 0 Å². The van der Waals surface area contributed by atoms with E-state index in [1.807, 2.05) is 0 Å². The highest BCUT2D eigenvalue weighted by Gasteiger charge is 2.14. The second kappa shape index (κ2) is 4.34. The summed E-state index contributed by atoms with van der Waals surface area (Å²) in [4.78, 5) is 0. The predicted octanol–water partition coefficient (Wildman–Crippen LogP) is 4.41. The normalized spacial score (nSPS) is 11.0. The van der Waals surface area contributed by atoms with Crippen LogP contribution in [0.5, 0.6) is 0 Å². The Morgan fingerprint density at radius 3 is 2.28 bits per heavy atom. The maximum absolute atomic E-state index is 2.32. The highest BCUT2D eigenvalue weighted by atomic mass is 14.9. The van der Waals surface area contributed by atoms with E-state index in [0.717, 1.165) is 6.42 Å². The molecule has 0 saturated heterocycles. The van der Waals surface area contributed by atoms with Crippen molar-refractivity contribution < 1.29 is 0 Å². The average molecular weight is 235 g/mol. The van der Waals surface area contributed by atoms with Crippen LogP contribution < -0.4 is 0 Å². The van der Waals surface area contributed by atoms with Crippen molar-refractivity contribution >= 4 is 10.9 Å². The molecule has 0 atom stereocenters. The fraction of sp³-hybridized carbons (Fsp3) is 0.176. The number of aromatic nitrogens is 1. The lowest BCUT2D eigenvalue weighted by molar-refractivity contribution is 0.867. The van der Waals surface area contributed by atoms with Gasteiger partial charge in [0.25, 0.3) is 0 Å². The summed E-state index contributed by atoms with van der Waals surface area (Å²) in [5.41, 5.74) is 5.41. The second-order valence-corrected chi connectivity index (χ2v) is 4.62. The van der Waals surface area contributed by atoms with Crippen molar-refractivity contribution in [1.82, 2.24) is 4.57 Å². The fourth-order valence-corrected chi connectivity index (χ4v) is 2.79. The maximum Gasteiger partial charge on any atom is 0.0486 e. The minimum Gasteiger partial charge on any atom is -0.347 e. The lowest BCUT2D eigenvalue weighted by Crippen LogP contribution is -1.95. The molecule has 1 nitrogen and oxygen atoms in total. The largest absolute Gasteiger partial charge is 0.347 e. The number of benzene rings is 2. The van der Waals surface area contributed by atoms with Crippen LogP contribution in [-0.2, 0) is 13.5 Å². The molecular weight excluding hydrogens is 218 g/mol. The number of aryl methyl sites for hydroxylation is 1. The maximum atomic E-state index is 2.32. The molecule has 90 valence electrons. The zero-order chi connectivity index (χ0) is 12.5. The molecule has 0 N–H and O–H groups in total. The van der Waals surface area contributed by atoms with Gasteiger partial charge >= 0.3 is 0 Å². The fourth-order valence-electron chi connectivity index (χ4n) is 2.79. The number of rotatable bonds is 2. The Bertz CT molecular complexity index is 677. The molecule has 0 amide bonds. The quantitative estimate of drug-likeness (QED) is 0.620. The van der Waals surface area contributed by atoms with Crippen molar-refractivity contribution in [2.24, 2.45) is 7.05 Å². The summed E-state index contributed by atoms with van der Waals surface area (Å²) in [5, 5.41) is 1.35. The van der Waals surface area contributed by atoms with E-state index in [9.17, 15) is 0 Å². The molecule has 3 aromatic rings. The van der Waals surface area contributed by atoms with Crippen LogP contribution in [0.15, 0.2) is 54.6 Å². The van der Waals surface area contributed by atoms with Gasteiger partial charge in [0.1, 0.15) is 0 Å². The van der Waals surface area contributed by atoms with Gasteiger partial charge in [-0.3, -0.25) is 0 Å². The molecule has 1 aromatic heterocycles. The van der Waals surface area contributed by atoms with Gasteiger partial charge in [-0.2, -0.15) is 0 Å². The summed E-state index contributed by atoms with van der Waals surface area (Å²) < 4.78 is 2.32. The van der Waals surface area contributed by atoms with Crippen LogP contribution in [0.2, 0.25) is 0 Å². The van der Waals surface area contributed by atoms with Gasteiger partial charge in [0.2, 0.25) is 0 Å². The van der Waals surface area contributed by atoms with Gasteiger partial charge in [0.15, 0.2) is 0 Å². The molecule has 1 heterocycles. The van der Waals surface area contributed by atoms with Gasteiger partial charge in [0, 0.05) is 29.2 Å². The molecule has 18 heavy (non-hydrogen) atoms. The summed E-state index contributed by atoms with van der Waals surface area (Å²) in [6, 6.07) is 19.3. The third-order valence-electron chi connectivity index (χ3n) is 3.63. The van der Waals surface area contributed by atoms with Gasteiger partial charge in [0.05, 0.1) is 0 Å². The Kier molecular flexibility index (Phi) is 2.67. The minimum atomic E-state index is 1.05. The number of nitrogens with zero attached hydrogens (tertiary/aromatic N) is 1. The summed E-state index contributed by atoms with van der Waals surface area (Å²) in [5.74, 6) is 0. The molecule has 0 bridgehead atoms. The van der Waals surface area contributed by atoms with Gasteiger partial charge in [-0.05, 0) is 18.1 Å². The molecule has 2 aromatic carbocycles. The Morgan fingerprint density at radius 1 is 0.889 bits per heavy atom. The Labute approximate surface area is 108 Å². The third-order valence-corrected chi connectivity index (χ3v) is 3.63. The monoisotopic (exact) mass is 235 g/mol. The van der Waals surface area contributed by atoms with E-state index in [4.69, 9.17) is 0 Å². The van der Waals surface area contributed by atoms with Crippen LogP contribution >= 0.6 is 0 Å². The first-order valence-electron chi connectivity index (χ1n) is 6.44. The van der Waals surface area contributed by atoms with Crippen LogP contribution in [0.3, 0.4) is 0 Å². The van der Waals surface area contributed by atoms with Crippen LogP contribution in [0.4, 0.5) is 0 Å². The van der Waals surface area contributed by atoms with E-state index in [2.05, 4.69) is 73.1 Å². The molecule has 0 aliphatic rings. The molecule has 0 spiro atoms. The van der Waals surface area contributed by atoms with Crippen LogP contribution in [-0.4, -0.2) is 4.57 Å². The number of para-hydroxylation sites is 1. The highest BCUT2D eigenvalue weighted by Crippen LogP contribution is 2.34. The van der Waals surface area contributed by atoms with Gasteiger partial charge in [-0.25, -0.2) is 0 Å². The molecule has 0 unspecified atom stereocenters. The molecular formula is C17H17N. The zero-order valence-electron chi connectivity index (χ0n) is 10.9. The molecule has 0 radical (unpaired) electrons. The summed E-state index contributed by atoms with van der Waals surface area (Å²) in [7, 11) is 2.16. The van der Waals surface area contributed by atoms with Crippen LogP contribution in [0, 0.1) is 0 Å². The van der Waals surface area contributed by atoms with Crippen molar-refractivity contribution in [3.8, 4) is 11.1 Å². The average Bonchev–Trinajstić information content (AvgIpc) is 2.73. The lowest BCUT2D eigenvalue weighted by Gasteiger charge is -2.05. The predicted molar refractivity (Wildman–Crippen MR) is 77.7 cm³/mol. The lowest BCUT2D eigenvalue weighted by atomic mass is 10.0. The van der Waals surface area contributed by atoms with Gasteiger partial charge in [-0.15, -0.1) is 0 Å². The topological polar surface area (TPSA) is 4.93 Å². The highest BCUT2D eigenvalue weighted by molar-refractivity contribution is 5.98. The smallest absolute Gasteiger partial charge is 0.0486 e. The van der Waals surface area contributed by atoms with E-state index >= 15 is 0 Å². The Hall–Kier alpha value is -2.02. The van der Waals surface area contributed by atoms with Crippen molar-refractivity contribution in [2.45, 2.75) is 13.3 Å². The SMILES string of the molecule is CCc1c(-c2ccccc2)c2ccccc2n1C. The van der Waals surface area contributed by atoms with Gasteiger partial charge in [-0.1, -0.05) is 55.5 Å². The summed E-state index contributed by atoms with van der Waals surface area (Å²) in [6.45, 7) is 2.22. The van der Waals surface area contributed by atoms with Crippen molar-refractivity contribution in [2.75, 3.05) is 0 Å². The molecule has 0 aliphatic heterocycles. The Morgan fingerprint density at radius 2 is 1.56 bits per heavy atom. The number of hydrogen-bond acceptors (Lipinski definition) is 0. The van der Waals surface area contributed by atoms with E-state index in [1.54, 1.807) is 0 Å². The van der Waals surface area contributed by atoms with E-state index < -0.39 is 0 Å². The van der Waals surface area contributed by atoms with E-state index in [1.165, 1.54) is 27.7 Å². The van der Waals surface area contributed by atoms with E-state index in [0.29, 0.717) is 0 Å². The molecule has 0 saturated carbocycles. The third kappa shape index (κ3) is 1.55. The first kappa shape index (κ1) is 11.1. The molecule has 0 aliphatic carbocycles. The zero-order valence-corrected chi connectivity index (χ0v) is 10.9. The summed E-state index contributed by atoms with van der Waals surface area (Å²) >= 11 is 0. The van der Waals surface area contributed by atoms with Crippen LogP contribution in [0.1, 0.15) is 12.6 Å². The van der Waals surface area contributed by atoms with Crippen LogP contribution in [0.25, 0.3) is 22.0 Å². The molecule has 3 rings (SSSR count). The Balaban J connectivity index is 2.41. The molecule has 0 fully saturated rings. The first-order valence-corrected chi connectivity index (χ1v) is 6.44. The number of hydrogen-bond donors (Lipinski definition) is 0. The first-order chi connectivity index (χ1) is 8.83. The van der Waals surface area contributed by atoms with E-state index in [-0.39, 0.29) is 0 Å². The minimum absolute atomic E-state index is 1.05. The van der Waals surface area contributed by atoms with Crippen molar-refractivity contribution in [3.63, 3.8) is 0 Å². The number of fused-ring (bicyclic) bond motifs is 1. The molecule has 1 heteroatoms.